The second-order valence-electron chi connectivity index (χ2n) is 3.90. The van der Waals surface area contributed by atoms with Crippen molar-refractivity contribution in [3.05, 3.63) is 33.9 Å². The lowest BCUT2D eigenvalue weighted by Crippen LogP contribution is -2.35. The van der Waals surface area contributed by atoms with E-state index in [0.29, 0.717) is 12.2 Å². The Kier molecular flexibility index (Phi) is 4.63. The van der Waals surface area contributed by atoms with E-state index in [1.54, 1.807) is 18.0 Å². The molecule has 0 aromatic heterocycles. The third-order valence-corrected chi connectivity index (χ3v) is 2.80. The molecular weight excluding hydrogens is 258 g/mol. The van der Waals surface area contributed by atoms with E-state index in [1.165, 1.54) is 12.1 Å². The number of likely N-dealkylation sites (N-methyl/N-ethyl adjacent to an activating group) is 1. The van der Waals surface area contributed by atoms with Crippen molar-refractivity contribution in [3.8, 4) is 0 Å². The molecule has 0 fully saturated rings. The molecule has 6 nitrogen and oxygen atoms in total. The van der Waals surface area contributed by atoms with E-state index in [4.69, 9.17) is 0 Å². The Morgan fingerprint density at radius 1 is 1.56 bits per heavy atom. The molecule has 0 aliphatic carbocycles. The van der Waals surface area contributed by atoms with Gasteiger partial charge in [-0.15, -0.1) is 12.4 Å². The first-order chi connectivity index (χ1) is 8.13. The smallest absolute Gasteiger partial charge is 0.271 e. The molecular formula is C11H14ClN3O3. The largest absolute Gasteiger partial charge is 0.311 e. The van der Waals surface area contributed by atoms with Gasteiger partial charge in [0.25, 0.3) is 5.69 Å². The van der Waals surface area contributed by atoms with Crippen molar-refractivity contribution in [2.75, 3.05) is 25.0 Å². The summed E-state index contributed by atoms with van der Waals surface area (Å²) in [6, 6.07) is 4.67. The van der Waals surface area contributed by atoms with Gasteiger partial charge in [-0.25, -0.2) is 0 Å². The van der Waals surface area contributed by atoms with Crippen LogP contribution in [0.5, 0.6) is 0 Å². The van der Waals surface area contributed by atoms with Gasteiger partial charge in [-0.1, -0.05) is 6.07 Å². The van der Waals surface area contributed by atoms with Crippen LogP contribution in [0.3, 0.4) is 0 Å². The Morgan fingerprint density at radius 3 is 2.89 bits per heavy atom. The molecule has 0 saturated heterocycles. The molecule has 0 atom stereocenters. The SMILES string of the molecule is CNCC(=O)N1CCc2ccc([N+](=O)[O-])cc21.Cl. The molecule has 0 bridgehead atoms. The maximum atomic E-state index is 11.8. The van der Waals surface area contributed by atoms with Crippen LogP contribution in [0.15, 0.2) is 18.2 Å². The number of non-ortho nitro benzene ring substituents is 1. The number of nitro groups is 1. The zero-order chi connectivity index (χ0) is 12.4. The summed E-state index contributed by atoms with van der Waals surface area (Å²) in [4.78, 5) is 23.6. The van der Waals surface area contributed by atoms with Gasteiger partial charge in [-0.2, -0.15) is 0 Å². The van der Waals surface area contributed by atoms with Crippen molar-refractivity contribution in [3.63, 3.8) is 0 Å². The lowest BCUT2D eigenvalue weighted by atomic mass is 10.1. The molecule has 1 aromatic carbocycles. The van der Waals surface area contributed by atoms with Crippen LogP contribution in [0.1, 0.15) is 5.56 Å². The number of benzene rings is 1. The highest BCUT2D eigenvalue weighted by Gasteiger charge is 2.25. The van der Waals surface area contributed by atoms with E-state index in [1.807, 2.05) is 0 Å². The zero-order valence-electron chi connectivity index (χ0n) is 9.88. The van der Waals surface area contributed by atoms with Crippen molar-refractivity contribution in [1.82, 2.24) is 5.32 Å². The van der Waals surface area contributed by atoms with Crippen LogP contribution in [0.4, 0.5) is 11.4 Å². The van der Waals surface area contributed by atoms with Crippen LogP contribution in [0.25, 0.3) is 0 Å². The van der Waals surface area contributed by atoms with Crippen molar-refractivity contribution in [2.45, 2.75) is 6.42 Å². The number of hydrogen-bond acceptors (Lipinski definition) is 4. The Bertz CT molecular complexity index is 479. The van der Waals surface area contributed by atoms with Gasteiger partial charge in [0.05, 0.1) is 17.2 Å². The molecule has 18 heavy (non-hydrogen) atoms. The van der Waals surface area contributed by atoms with Gasteiger partial charge >= 0.3 is 0 Å². The highest BCUT2D eigenvalue weighted by Crippen LogP contribution is 2.31. The van der Waals surface area contributed by atoms with Crippen molar-refractivity contribution in [2.24, 2.45) is 0 Å². The molecule has 1 heterocycles. The maximum Gasteiger partial charge on any atom is 0.271 e. The van der Waals surface area contributed by atoms with Gasteiger partial charge in [0.1, 0.15) is 0 Å². The molecule has 98 valence electrons. The minimum absolute atomic E-state index is 0. The Balaban J connectivity index is 0.00000162. The second kappa shape index (κ2) is 5.79. The molecule has 0 radical (unpaired) electrons. The van der Waals surface area contributed by atoms with Crippen LogP contribution >= 0.6 is 12.4 Å². The van der Waals surface area contributed by atoms with E-state index in [-0.39, 0.29) is 30.5 Å². The summed E-state index contributed by atoms with van der Waals surface area (Å²) in [5, 5.41) is 13.5. The van der Waals surface area contributed by atoms with Crippen molar-refractivity contribution >= 4 is 29.7 Å². The molecule has 0 saturated carbocycles. The average Bonchev–Trinajstić information content (AvgIpc) is 2.71. The molecule has 1 aliphatic heterocycles. The molecule has 0 unspecified atom stereocenters. The van der Waals surface area contributed by atoms with Crippen LogP contribution in [-0.2, 0) is 11.2 Å². The Morgan fingerprint density at radius 2 is 2.28 bits per heavy atom. The number of fused-ring (bicyclic) bond motifs is 1. The summed E-state index contributed by atoms with van der Waals surface area (Å²) < 4.78 is 0. The van der Waals surface area contributed by atoms with E-state index in [9.17, 15) is 14.9 Å². The van der Waals surface area contributed by atoms with Crippen LogP contribution < -0.4 is 10.2 Å². The number of rotatable bonds is 3. The fourth-order valence-electron chi connectivity index (χ4n) is 1.99. The summed E-state index contributed by atoms with van der Waals surface area (Å²) in [6.07, 6.45) is 0.753. The number of amides is 1. The molecule has 1 aliphatic rings. The summed E-state index contributed by atoms with van der Waals surface area (Å²) >= 11 is 0. The molecule has 1 aromatic rings. The number of halogens is 1. The summed E-state index contributed by atoms with van der Waals surface area (Å²) in [7, 11) is 1.70. The normalized spacial score (nSPS) is 12.8. The summed E-state index contributed by atoms with van der Waals surface area (Å²) in [6.45, 7) is 0.832. The van der Waals surface area contributed by atoms with E-state index < -0.39 is 4.92 Å². The quantitative estimate of drug-likeness (QED) is 0.660. The first kappa shape index (κ1) is 14.4. The number of nitrogens with one attached hydrogen (secondary N) is 1. The number of anilines is 1. The molecule has 1 N–H and O–H groups in total. The predicted octanol–water partition coefficient (Wildman–Crippen LogP) is 1.13. The zero-order valence-corrected chi connectivity index (χ0v) is 10.7. The van der Waals surface area contributed by atoms with Gasteiger partial charge in [-0.05, 0) is 19.0 Å². The van der Waals surface area contributed by atoms with Crippen LogP contribution in [0.2, 0.25) is 0 Å². The summed E-state index contributed by atoms with van der Waals surface area (Å²) in [5.74, 6) is -0.0632. The second-order valence-corrected chi connectivity index (χ2v) is 3.90. The first-order valence-electron chi connectivity index (χ1n) is 5.36. The lowest BCUT2D eigenvalue weighted by molar-refractivity contribution is -0.384. The predicted molar refractivity (Wildman–Crippen MR) is 70.3 cm³/mol. The Labute approximate surface area is 111 Å². The first-order valence-corrected chi connectivity index (χ1v) is 5.36. The van der Waals surface area contributed by atoms with Crippen molar-refractivity contribution < 1.29 is 9.72 Å². The molecule has 0 spiro atoms. The monoisotopic (exact) mass is 271 g/mol. The minimum Gasteiger partial charge on any atom is -0.311 e. The van der Waals surface area contributed by atoms with Gasteiger partial charge < -0.3 is 10.2 Å². The third-order valence-electron chi connectivity index (χ3n) is 2.80. The Hall–Kier alpha value is -1.66. The van der Waals surface area contributed by atoms with E-state index in [2.05, 4.69) is 5.32 Å². The number of nitro benzene ring substituents is 1. The highest BCUT2D eigenvalue weighted by molar-refractivity contribution is 5.97. The third kappa shape index (κ3) is 2.60. The number of nitrogens with zero attached hydrogens (tertiary/aromatic N) is 2. The fraction of sp³-hybridized carbons (Fsp3) is 0.364. The number of hydrogen-bond donors (Lipinski definition) is 1. The van der Waals surface area contributed by atoms with E-state index >= 15 is 0 Å². The molecule has 7 heteroatoms. The maximum absolute atomic E-state index is 11.8. The lowest BCUT2D eigenvalue weighted by Gasteiger charge is -2.16. The fourth-order valence-corrected chi connectivity index (χ4v) is 1.99. The highest BCUT2D eigenvalue weighted by atomic mass is 35.5. The van der Waals surface area contributed by atoms with E-state index in [0.717, 1.165) is 12.0 Å². The number of carbonyl (C=O) groups excluding carboxylic acids is 1. The summed E-state index contributed by atoms with van der Waals surface area (Å²) in [5.41, 5.74) is 1.67. The van der Waals surface area contributed by atoms with Crippen molar-refractivity contribution in [1.29, 1.82) is 0 Å². The van der Waals surface area contributed by atoms with Crippen LogP contribution in [0, 0.1) is 10.1 Å². The topological polar surface area (TPSA) is 75.5 Å². The van der Waals surface area contributed by atoms with Crippen LogP contribution in [-0.4, -0.2) is 31.0 Å². The van der Waals surface area contributed by atoms with Gasteiger partial charge in [0, 0.05) is 18.7 Å². The standard InChI is InChI=1S/C11H13N3O3.ClH/c1-12-7-11(15)13-5-4-8-2-3-9(14(16)17)6-10(8)13;/h2-3,6,12H,4-5,7H2,1H3;1H. The minimum atomic E-state index is -0.445. The van der Waals surface area contributed by atoms with Gasteiger partial charge in [0.15, 0.2) is 0 Å². The van der Waals surface area contributed by atoms with Gasteiger partial charge in [-0.3, -0.25) is 14.9 Å². The molecule has 1 amide bonds. The average molecular weight is 272 g/mol. The van der Waals surface area contributed by atoms with Gasteiger partial charge in [0.2, 0.25) is 5.91 Å². The molecule has 2 rings (SSSR count). The number of carbonyl (C=O) groups is 1.